The van der Waals surface area contributed by atoms with Crippen LogP contribution in [0.25, 0.3) is 22.0 Å². The van der Waals surface area contributed by atoms with E-state index in [1.165, 1.54) is 44.9 Å². The monoisotopic (exact) mass is 662 g/mol. The summed E-state index contributed by atoms with van der Waals surface area (Å²) in [5, 5.41) is 1.04. The van der Waals surface area contributed by atoms with Crippen LogP contribution in [0.1, 0.15) is 57.3 Å². The van der Waals surface area contributed by atoms with Crippen molar-refractivity contribution in [2.24, 2.45) is 0 Å². The summed E-state index contributed by atoms with van der Waals surface area (Å²) in [6.45, 7) is 2.87. The zero-order chi connectivity index (χ0) is 33.8. The van der Waals surface area contributed by atoms with Crippen LogP contribution in [0.5, 0.6) is 5.75 Å². The average molecular weight is 663 g/mol. The minimum atomic E-state index is -0.893. The van der Waals surface area contributed by atoms with Gasteiger partial charge in [-0.1, -0.05) is 17.7 Å². The molecule has 0 aliphatic carbocycles. The first kappa shape index (κ1) is 33.2. The molecule has 0 unspecified atom stereocenters. The maximum absolute atomic E-state index is 13.8. The molecule has 0 fully saturated rings. The Morgan fingerprint density at radius 3 is 2.47 bits per heavy atom. The second-order valence-corrected chi connectivity index (χ2v) is 11.2. The lowest BCUT2D eigenvalue weighted by atomic mass is 9.96. The van der Waals surface area contributed by atoms with E-state index in [-0.39, 0.29) is 60.6 Å². The molecule has 0 aliphatic rings. The van der Waals surface area contributed by atoms with Crippen LogP contribution in [0, 0.1) is 6.92 Å². The second kappa shape index (κ2) is 14.1. The van der Waals surface area contributed by atoms with Crippen molar-refractivity contribution < 1.29 is 37.4 Å². The van der Waals surface area contributed by atoms with Gasteiger partial charge in [-0.2, -0.15) is 0 Å². The van der Waals surface area contributed by atoms with Crippen molar-refractivity contribution >= 4 is 40.0 Å². The van der Waals surface area contributed by atoms with E-state index in [4.69, 9.17) is 34.6 Å². The highest BCUT2D eigenvalue weighted by Crippen LogP contribution is 2.34. The fourth-order valence-corrected chi connectivity index (χ4v) is 5.48. The van der Waals surface area contributed by atoms with Gasteiger partial charge in [0.15, 0.2) is 29.7 Å². The van der Waals surface area contributed by atoms with Gasteiger partial charge in [0, 0.05) is 53.3 Å². The third kappa shape index (κ3) is 7.29. The number of pyridine rings is 1. The molecule has 1 atom stereocenters. The highest BCUT2D eigenvalue weighted by atomic mass is 35.5. The topological polar surface area (TPSA) is 160 Å². The van der Waals surface area contributed by atoms with Crippen LogP contribution in [-0.4, -0.2) is 47.9 Å². The summed E-state index contributed by atoms with van der Waals surface area (Å²) >= 11 is 6.23. The molecule has 0 bridgehead atoms. The average Bonchev–Trinajstić information content (AvgIpc) is 3.61. The number of hydrogen-bond acceptors (Lipinski definition) is 10. The van der Waals surface area contributed by atoms with E-state index in [1.807, 2.05) is 0 Å². The van der Waals surface area contributed by atoms with Crippen molar-refractivity contribution in [2.75, 3.05) is 20.8 Å². The van der Waals surface area contributed by atoms with Gasteiger partial charge in [-0.15, -0.1) is 0 Å². The molecule has 0 saturated carbocycles. The molecule has 0 radical (unpaired) electrons. The highest BCUT2D eigenvalue weighted by Gasteiger charge is 2.25. The molecule has 0 spiro atoms. The van der Waals surface area contributed by atoms with Crippen LogP contribution < -0.4 is 16.1 Å². The number of methoxy groups -OCH3 is 2. The molecule has 13 heteroatoms. The summed E-state index contributed by atoms with van der Waals surface area (Å²) in [7, 11) is 2.94. The summed E-state index contributed by atoms with van der Waals surface area (Å²) in [6, 6.07) is 12.1. The minimum absolute atomic E-state index is 0.0205. The second-order valence-electron chi connectivity index (χ2n) is 10.8. The Labute approximate surface area is 272 Å². The van der Waals surface area contributed by atoms with E-state index in [9.17, 15) is 24.0 Å². The van der Waals surface area contributed by atoms with Crippen molar-refractivity contribution in [3.8, 4) is 16.9 Å². The summed E-state index contributed by atoms with van der Waals surface area (Å²) in [6.07, 6.45) is 1.66. The van der Waals surface area contributed by atoms with Crippen LogP contribution in [-0.2, 0) is 27.3 Å². The number of rotatable bonds is 13. The predicted octanol–water partition coefficient (Wildman–Crippen LogP) is 5.46. The van der Waals surface area contributed by atoms with Crippen molar-refractivity contribution in [2.45, 2.75) is 39.3 Å². The molecular weight excluding hydrogens is 632 g/mol. The predicted molar refractivity (Wildman–Crippen MR) is 171 cm³/mol. The molecule has 244 valence electrons. The van der Waals surface area contributed by atoms with Gasteiger partial charge in [0.05, 0.1) is 19.3 Å². The summed E-state index contributed by atoms with van der Waals surface area (Å²) < 4.78 is 27.1. The molecule has 12 nitrogen and oxygen atoms in total. The summed E-state index contributed by atoms with van der Waals surface area (Å²) in [5.41, 5.74) is 2.16. The Hall–Kier alpha value is -5.20. The van der Waals surface area contributed by atoms with E-state index >= 15 is 0 Å². The first-order chi connectivity index (χ1) is 22.5. The number of aromatic nitrogens is 2. The highest BCUT2D eigenvalue weighted by molar-refractivity contribution is 6.31. The quantitative estimate of drug-likeness (QED) is 0.127. The van der Waals surface area contributed by atoms with Crippen LogP contribution in [0.15, 0.2) is 73.2 Å². The Bertz CT molecular complexity index is 2100. The number of esters is 1. The number of aromatic amines is 1. The number of nitrogens with one attached hydrogen (secondary N) is 1. The Morgan fingerprint density at radius 2 is 1.79 bits per heavy atom. The number of halogens is 1. The lowest BCUT2D eigenvalue weighted by Gasteiger charge is -2.21. The molecule has 5 rings (SSSR count). The normalized spacial score (nSPS) is 11.9. The molecule has 3 aromatic heterocycles. The third-order valence-electron chi connectivity index (χ3n) is 7.67. The van der Waals surface area contributed by atoms with Crippen molar-refractivity contribution in [3.63, 3.8) is 0 Å². The number of fused-ring (bicyclic) bond motifs is 1. The number of hydrogen-bond donors (Lipinski definition) is 1. The van der Waals surface area contributed by atoms with Gasteiger partial charge >= 0.3 is 11.8 Å². The Kier molecular flexibility index (Phi) is 9.92. The van der Waals surface area contributed by atoms with E-state index < -0.39 is 23.4 Å². The number of Topliss-reactive ketones (excluding diaryl/α,β-unsaturated/α-hetero) is 2. The number of ether oxygens (including phenoxy) is 3. The molecule has 2 aromatic carbocycles. The number of H-pyrrole nitrogens is 1. The largest absolute Gasteiger partial charge is 0.519 e. The van der Waals surface area contributed by atoms with Gasteiger partial charge in [-0.25, -0.2) is 9.59 Å². The zero-order valence-electron chi connectivity index (χ0n) is 26.0. The first-order valence-corrected chi connectivity index (χ1v) is 14.9. The van der Waals surface area contributed by atoms with Crippen molar-refractivity contribution in [3.05, 3.63) is 109 Å². The van der Waals surface area contributed by atoms with Gasteiger partial charge in [0.2, 0.25) is 0 Å². The summed E-state index contributed by atoms with van der Waals surface area (Å²) in [4.78, 5) is 66.5. The third-order valence-corrected chi connectivity index (χ3v) is 7.91. The van der Waals surface area contributed by atoms with E-state index in [0.29, 0.717) is 38.2 Å². The smallest absolute Gasteiger partial charge is 0.495 e. The van der Waals surface area contributed by atoms with Crippen molar-refractivity contribution in [1.82, 2.24) is 9.55 Å². The minimum Gasteiger partial charge on any atom is -0.495 e. The van der Waals surface area contributed by atoms with Gasteiger partial charge in [0.1, 0.15) is 11.4 Å². The number of ketones is 2. The lowest BCUT2D eigenvalue weighted by molar-refractivity contribution is -0.122. The van der Waals surface area contributed by atoms with E-state index in [1.54, 1.807) is 42.5 Å². The van der Waals surface area contributed by atoms with Gasteiger partial charge in [-0.3, -0.25) is 14.4 Å². The molecule has 0 saturated heterocycles. The number of benzene rings is 2. The van der Waals surface area contributed by atoms with Gasteiger partial charge in [0.25, 0.3) is 5.56 Å². The standard InChI is InChI=1S/C34H31ClN2O10/c1-18(38)23-7-6-22(35)14-24(23)25-15-32(40)37(16-30(25)44-4)28(9-10-43-3)29(39)12-20-5-8-26-21(11-20)13-27(36-26)33(41)45-17-31-19(2)46-34(42)47-31/h5-8,11,13-16,28,36H,9-10,12,17H2,1-4H3/t28-/m0/s1. The fraction of sp³-hybridized carbons (Fsp3) is 0.265. The van der Waals surface area contributed by atoms with Gasteiger partial charge < -0.3 is 32.6 Å². The Balaban J connectivity index is 1.40. The molecule has 1 N–H and O–H groups in total. The number of nitrogens with zero attached hydrogens (tertiary/aromatic N) is 1. The van der Waals surface area contributed by atoms with Crippen LogP contribution in [0.4, 0.5) is 0 Å². The zero-order valence-corrected chi connectivity index (χ0v) is 26.8. The molecule has 5 aromatic rings. The maximum Gasteiger partial charge on any atom is 0.519 e. The molecule has 0 amide bonds. The first-order valence-electron chi connectivity index (χ1n) is 14.5. The maximum atomic E-state index is 13.8. The van der Waals surface area contributed by atoms with Gasteiger partial charge in [-0.05, 0) is 67.8 Å². The molecule has 0 aliphatic heterocycles. The van der Waals surface area contributed by atoms with E-state index in [0.717, 1.165) is 0 Å². The van der Waals surface area contributed by atoms with Crippen LogP contribution in [0.2, 0.25) is 5.02 Å². The van der Waals surface area contributed by atoms with Crippen LogP contribution in [0.3, 0.4) is 0 Å². The van der Waals surface area contributed by atoms with E-state index in [2.05, 4.69) is 4.98 Å². The number of aryl methyl sites for hydroxylation is 1. The number of carbonyl (C=O) groups excluding carboxylic acids is 3. The van der Waals surface area contributed by atoms with Crippen LogP contribution >= 0.6 is 11.6 Å². The lowest BCUT2D eigenvalue weighted by Crippen LogP contribution is -2.31. The Morgan fingerprint density at radius 1 is 1.00 bits per heavy atom. The molecule has 3 heterocycles. The fourth-order valence-electron chi connectivity index (χ4n) is 5.31. The summed E-state index contributed by atoms with van der Waals surface area (Å²) in [5.74, 6) is -1.41. The molecular formula is C34H31ClN2O10. The SMILES string of the molecule is COCC[C@@H](C(=O)Cc1ccc2[nH]c(C(=O)OCc3oc(=O)oc3C)cc2c1)n1cc(OC)c(-c2cc(Cl)ccc2C(C)=O)cc1=O. The molecule has 47 heavy (non-hydrogen) atoms. The number of carbonyl (C=O) groups is 3. The van der Waals surface area contributed by atoms with Crippen molar-refractivity contribution in [1.29, 1.82) is 0 Å².